The van der Waals surface area contributed by atoms with Gasteiger partial charge in [-0.05, 0) is 49.3 Å². The van der Waals surface area contributed by atoms with Gasteiger partial charge in [0.2, 0.25) is 0 Å². The molecule has 3 heteroatoms. The van der Waals surface area contributed by atoms with Crippen molar-refractivity contribution in [1.29, 1.82) is 0 Å². The molecule has 0 spiro atoms. The Hall–Kier alpha value is -1.77. The standard InChI is InChI=1S/C25H40N2O/c1-3-5-6-7-8-12-21-28-24-17-15-23(16-18-24)22(4-2)13-10-9-11-14-25-26-19-20-27-25/h15-20,22H,3-14,21H2,1-2H3,(H,26,27). The molecule has 0 aliphatic rings. The number of nitrogens with zero attached hydrogens (tertiary/aromatic N) is 1. The van der Waals surface area contributed by atoms with Gasteiger partial charge >= 0.3 is 0 Å². The first-order valence-corrected chi connectivity index (χ1v) is 11.5. The van der Waals surface area contributed by atoms with E-state index in [1.807, 2.05) is 12.4 Å². The average Bonchev–Trinajstić information content (AvgIpc) is 3.24. The number of rotatable bonds is 16. The molecule has 1 atom stereocenters. The van der Waals surface area contributed by atoms with Crippen LogP contribution in [-0.4, -0.2) is 16.6 Å². The van der Waals surface area contributed by atoms with Gasteiger partial charge in [-0.1, -0.05) is 70.9 Å². The molecular formula is C25H40N2O. The maximum Gasteiger partial charge on any atom is 0.119 e. The molecule has 0 aliphatic carbocycles. The average molecular weight is 385 g/mol. The van der Waals surface area contributed by atoms with E-state index in [9.17, 15) is 0 Å². The Bertz CT molecular complexity index is 592. The number of hydrogen-bond acceptors (Lipinski definition) is 2. The van der Waals surface area contributed by atoms with Gasteiger partial charge in [-0.3, -0.25) is 0 Å². The summed E-state index contributed by atoms with van der Waals surface area (Å²) in [5.74, 6) is 2.80. The quantitative estimate of drug-likeness (QED) is 0.305. The zero-order valence-electron chi connectivity index (χ0n) is 18.1. The predicted molar refractivity (Wildman–Crippen MR) is 119 cm³/mol. The highest BCUT2D eigenvalue weighted by molar-refractivity contribution is 5.29. The van der Waals surface area contributed by atoms with E-state index in [-0.39, 0.29) is 0 Å². The van der Waals surface area contributed by atoms with Gasteiger partial charge < -0.3 is 9.72 Å². The number of benzene rings is 1. The molecule has 1 heterocycles. The summed E-state index contributed by atoms with van der Waals surface area (Å²) in [7, 11) is 0. The number of hydrogen-bond donors (Lipinski definition) is 1. The minimum Gasteiger partial charge on any atom is -0.494 e. The number of aromatic nitrogens is 2. The number of aryl methyl sites for hydroxylation is 1. The van der Waals surface area contributed by atoms with E-state index in [4.69, 9.17) is 4.74 Å². The third-order valence-corrected chi connectivity index (χ3v) is 5.63. The lowest BCUT2D eigenvalue weighted by Crippen LogP contribution is -2.00. The molecule has 3 nitrogen and oxygen atoms in total. The Morgan fingerprint density at radius 2 is 1.64 bits per heavy atom. The summed E-state index contributed by atoms with van der Waals surface area (Å²) < 4.78 is 5.92. The molecule has 1 aromatic carbocycles. The molecule has 0 radical (unpaired) electrons. The number of ether oxygens (including phenoxy) is 1. The molecule has 28 heavy (non-hydrogen) atoms. The van der Waals surface area contributed by atoms with Gasteiger partial charge in [0.25, 0.3) is 0 Å². The smallest absolute Gasteiger partial charge is 0.119 e. The van der Waals surface area contributed by atoms with Crippen LogP contribution in [0, 0.1) is 0 Å². The Balaban J connectivity index is 1.61. The van der Waals surface area contributed by atoms with Crippen LogP contribution < -0.4 is 4.74 Å². The minimum absolute atomic E-state index is 0.663. The van der Waals surface area contributed by atoms with Crippen LogP contribution >= 0.6 is 0 Å². The Morgan fingerprint density at radius 1 is 0.893 bits per heavy atom. The fourth-order valence-corrected chi connectivity index (χ4v) is 3.81. The highest BCUT2D eigenvalue weighted by Gasteiger charge is 2.09. The third kappa shape index (κ3) is 8.95. The number of imidazole rings is 1. The molecule has 156 valence electrons. The summed E-state index contributed by atoms with van der Waals surface area (Å²) in [5.41, 5.74) is 1.46. The van der Waals surface area contributed by atoms with Crippen molar-refractivity contribution in [3.8, 4) is 5.75 Å². The first-order chi connectivity index (χ1) is 13.8. The second kappa shape index (κ2) is 14.3. The summed E-state index contributed by atoms with van der Waals surface area (Å²) in [6.07, 6.45) is 18.9. The maximum atomic E-state index is 5.92. The lowest BCUT2D eigenvalue weighted by molar-refractivity contribution is 0.304. The molecule has 0 fully saturated rings. The first-order valence-electron chi connectivity index (χ1n) is 11.5. The molecule has 1 aromatic heterocycles. The third-order valence-electron chi connectivity index (χ3n) is 5.63. The number of nitrogens with one attached hydrogen (secondary N) is 1. The summed E-state index contributed by atoms with van der Waals surface area (Å²) in [6.45, 7) is 5.41. The van der Waals surface area contributed by atoms with Crippen molar-refractivity contribution in [2.24, 2.45) is 0 Å². The van der Waals surface area contributed by atoms with E-state index in [1.165, 1.54) is 76.2 Å². The normalized spacial score (nSPS) is 12.2. The highest BCUT2D eigenvalue weighted by atomic mass is 16.5. The number of unbranched alkanes of at least 4 members (excludes halogenated alkanes) is 7. The lowest BCUT2D eigenvalue weighted by atomic mass is 9.91. The Kier molecular flexibility index (Phi) is 11.5. The number of aromatic amines is 1. The molecule has 2 aromatic rings. The van der Waals surface area contributed by atoms with Gasteiger partial charge in [0.1, 0.15) is 11.6 Å². The van der Waals surface area contributed by atoms with Crippen LogP contribution in [0.25, 0.3) is 0 Å². The van der Waals surface area contributed by atoms with Crippen molar-refractivity contribution < 1.29 is 4.74 Å². The molecule has 0 aliphatic heterocycles. The second-order valence-corrected chi connectivity index (χ2v) is 7.93. The maximum absolute atomic E-state index is 5.92. The van der Waals surface area contributed by atoms with Gasteiger partial charge in [-0.2, -0.15) is 0 Å². The summed E-state index contributed by atoms with van der Waals surface area (Å²) >= 11 is 0. The van der Waals surface area contributed by atoms with Crippen LogP contribution in [0.4, 0.5) is 0 Å². The molecule has 0 saturated carbocycles. The molecular weight excluding hydrogens is 344 g/mol. The van der Waals surface area contributed by atoms with Crippen LogP contribution in [-0.2, 0) is 6.42 Å². The SMILES string of the molecule is CCCCCCCCOc1ccc(C(CC)CCCCCc2ncc[nH]2)cc1. The minimum atomic E-state index is 0.663. The van der Waals surface area contributed by atoms with E-state index >= 15 is 0 Å². The molecule has 2 rings (SSSR count). The van der Waals surface area contributed by atoms with Crippen molar-refractivity contribution >= 4 is 0 Å². The van der Waals surface area contributed by atoms with Crippen molar-refractivity contribution in [3.63, 3.8) is 0 Å². The molecule has 0 bridgehead atoms. The Morgan fingerprint density at radius 3 is 2.36 bits per heavy atom. The van der Waals surface area contributed by atoms with Crippen LogP contribution in [0.3, 0.4) is 0 Å². The van der Waals surface area contributed by atoms with Crippen molar-refractivity contribution in [3.05, 3.63) is 48.0 Å². The molecule has 1 N–H and O–H groups in total. The van der Waals surface area contributed by atoms with Gasteiger partial charge in [-0.25, -0.2) is 4.98 Å². The fourth-order valence-electron chi connectivity index (χ4n) is 3.81. The van der Waals surface area contributed by atoms with Crippen LogP contribution in [0.15, 0.2) is 36.7 Å². The van der Waals surface area contributed by atoms with Crippen LogP contribution in [0.2, 0.25) is 0 Å². The zero-order valence-corrected chi connectivity index (χ0v) is 18.1. The number of H-pyrrole nitrogens is 1. The first kappa shape index (κ1) is 22.5. The molecule has 0 amide bonds. The predicted octanol–water partition coefficient (Wildman–Crippen LogP) is 7.45. The lowest BCUT2D eigenvalue weighted by Gasteiger charge is -2.16. The topological polar surface area (TPSA) is 37.9 Å². The van der Waals surface area contributed by atoms with Gasteiger partial charge in [-0.15, -0.1) is 0 Å². The van der Waals surface area contributed by atoms with E-state index in [0.29, 0.717) is 5.92 Å². The van der Waals surface area contributed by atoms with Crippen molar-refractivity contribution in [2.75, 3.05) is 6.61 Å². The highest BCUT2D eigenvalue weighted by Crippen LogP contribution is 2.27. The van der Waals surface area contributed by atoms with E-state index in [1.54, 1.807) is 0 Å². The van der Waals surface area contributed by atoms with Crippen molar-refractivity contribution in [2.45, 2.75) is 96.8 Å². The largest absolute Gasteiger partial charge is 0.494 e. The van der Waals surface area contributed by atoms with E-state index in [2.05, 4.69) is 48.1 Å². The monoisotopic (exact) mass is 384 g/mol. The fraction of sp³-hybridized carbons (Fsp3) is 0.640. The van der Waals surface area contributed by atoms with E-state index < -0.39 is 0 Å². The van der Waals surface area contributed by atoms with Gasteiger partial charge in [0, 0.05) is 18.8 Å². The second-order valence-electron chi connectivity index (χ2n) is 7.93. The van der Waals surface area contributed by atoms with E-state index in [0.717, 1.165) is 24.6 Å². The van der Waals surface area contributed by atoms with Gasteiger partial charge in [0.15, 0.2) is 0 Å². The summed E-state index contributed by atoms with van der Waals surface area (Å²) in [4.78, 5) is 7.48. The zero-order chi connectivity index (χ0) is 19.9. The van der Waals surface area contributed by atoms with Crippen molar-refractivity contribution in [1.82, 2.24) is 9.97 Å². The summed E-state index contributed by atoms with van der Waals surface area (Å²) in [5, 5.41) is 0. The van der Waals surface area contributed by atoms with Gasteiger partial charge in [0.05, 0.1) is 6.61 Å². The molecule has 0 saturated heterocycles. The Labute approximate surface area is 172 Å². The summed E-state index contributed by atoms with van der Waals surface area (Å²) in [6, 6.07) is 8.86. The van der Waals surface area contributed by atoms with Crippen LogP contribution in [0.1, 0.15) is 102 Å². The van der Waals surface area contributed by atoms with Crippen LogP contribution in [0.5, 0.6) is 5.75 Å². The molecule has 1 unspecified atom stereocenters.